The first-order chi connectivity index (χ1) is 9.96. The number of nitrogens with zero attached hydrogens (tertiary/aromatic N) is 1. The van der Waals surface area contributed by atoms with Crippen LogP contribution < -0.4 is 5.73 Å². The number of hydrogen-bond donors (Lipinski definition) is 1. The minimum Gasteiger partial charge on any atom is -0.468 e. The summed E-state index contributed by atoms with van der Waals surface area (Å²) in [5, 5.41) is 0. The maximum atomic E-state index is 6.74. The van der Waals surface area contributed by atoms with Gasteiger partial charge >= 0.3 is 0 Å². The van der Waals surface area contributed by atoms with Crippen molar-refractivity contribution < 1.29 is 9.15 Å². The van der Waals surface area contributed by atoms with Gasteiger partial charge < -0.3 is 14.9 Å². The Labute approximate surface area is 127 Å². The highest BCUT2D eigenvalue weighted by molar-refractivity contribution is 5.16. The zero-order valence-corrected chi connectivity index (χ0v) is 13.5. The summed E-state index contributed by atoms with van der Waals surface area (Å²) in [6, 6.07) is 4.68. The fourth-order valence-electron chi connectivity index (χ4n) is 3.49. The highest BCUT2D eigenvalue weighted by Crippen LogP contribution is 2.50. The fraction of sp³-hybridized carbons (Fsp3) is 0.765. The van der Waals surface area contributed by atoms with Crippen molar-refractivity contribution in [1.29, 1.82) is 0 Å². The lowest BCUT2D eigenvalue weighted by Crippen LogP contribution is -2.73. The standard InChI is InChI=1S/C17H28N2O2/c1-4-20-15-10-17(18,16(15,2)3)12-19(13-7-8-13)11-14-6-5-9-21-14/h5-6,9,13,15H,4,7-8,10-12,18H2,1-3H3. The lowest BCUT2D eigenvalue weighted by atomic mass is 9.54. The maximum Gasteiger partial charge on any atom is 0.117 e. The first kappa shape index (κ1) is 15.1. The van der Waals surface area contributed by atoms with Crippen LogP contribution in [0, 0.1) is 5.41 Å². The number of rotatable bonds is 7. The van der Waals surface area contributed by atoms with E-state index in [4.69, 9.17) is 14.9 Å². The predicted molar refractivity (Wildman–Crippen MR) is 82.9 cm³/mol. The van der Waals surface area contributed by atoms with E-state index in [1.54, 1.807) is 6.26 Å². The molecule has 0 amide bonds. The Morgan fingerprint density at radius 2 is 2.19 bits per heavy atom. The van der Waals surface area contributed by atoms with Gasteiger partial charge in [-0.1, -0.05) is 13.8 Å². The molecule has 2 atom stereocenters. The second-order valence-electron chi connectivity index (χ2n) is 7.24. The molecule has 0 aromatic carbocycles. The molecule has 4 heteroatoms. The van der Waals surface area contributed by atoms with Crippen molar-refractivity contribution in [2.45, 2.75) is 64.3 Å². The van der Waals surface area contributed by atoms with Crippen LogP contribution in [0.4, 0.5) is 0 Å². The van der Waals surface area contributed by atoms with E-state index in [1.807, 2.05) is 12.1 Å². The molecule has 2 saturated carbocycles. The second kappa shape index (κ2) is 5.41. The molecule has 0 aliphatic heterocycles. The predicted octanol–water partition coefficient (Wildman–Crippen LogP) is 2.78. The quantitative estimate of drug-likeness (QED) is 0.839. The lowest BCUT2D eigenvalue weighted by Gasteiger charge is -2.60. The first-order valence-electron chi connectivity index (χ1n) is 8.13. The van der Waals surface area contributed by atoms with Gasteiger partial charge in [0.05, 0.1) is 18.9 Å². The summed E-state index contributed by atoms with van der Waals surface area (Å²) in [5.41, 5.74) is 6.61. The van der Waals surface area contributed by atoms with Crippen molar-refractivity contribution in [1.82, 2.24) is 4.90 Å². The Hall–Kier alpha value is -0.840. The topological polar surface area (TPSA) is 51.6 Å². The van der Waals surface area contributed by atoms with Crippen molar-refractivity contribution in [3.63, 3.8) is 0 Å². The van der Waals surface area contributed by atoms with E-state index in [-0.39, 0.29) is 17.1 Å². The average Bonchev–Trinajstić information content (AvgIpc) is 3.16. The smallest absolute Gasteiger partial charge is 0.117 e. The van der Waals surface area contributed by atoms with Gasteiger partial charge in [-0.25, -0.2) is 0 Å². The lowest BCUT2D eigenvalue weighted by molar-refractivity contribution is -0.157. The number of hydrogen-bond acceptors (Lipinski definition) is 4. The molecule has 2 fully saturated rings. The van der Waals surface area contributed by atoms with Crippen LogP contribution in [0.3, 0.4) is 0 Å². The molecule has 2 aliphatic carbocycles. The zero-order chi connectivity index (χ0) is 15.1. The maximum absolute atomic E-state index is 6.74. The van der Waals surface area contributed by atoms with E-state index in [2.05, 4.69) is 25.7 Å². The third kappa shape index (κ3) is 2.77. The molecule has 4 nitrogen and oxygen atoms in total. The molecule has 1 aromatic rings. The van der Waals surface area contributed by atoms with Crippen LogP contribution in [0.1, 0.15) is 45.8 Å². The Morgan fingerprint density at radius 3 is 2.71 bits per heavy atom. The van der Waals surface area contributed by atoms with Gasteiger partial charge in [-0.3, -0.25) is 4.90 Å². The molecule has 118 valence electrons. The van der Waals surface area contributed by atoms with Gasteiger partial charge in [-0.2, -0.15) is 0 Å². The van der Waals surface area contributed by atoms with Crippen LogP contribution in [0.5, 0.6) is 0 Å². The van der Waals surface area contributed by atoms with Crippen LogP contribution in [-0.4, -0.2) is 35.7 Å². The van der Waals surface area contributed by atoms with E-state index in [1.165, 1.54) is 12.8 Å². The van der Waals surface area contributed by atoms with Crippen molar-refractivity contribution in [2.75, 3.05) is 13.2 Å². The molecular weight excluding hydrogens is 264 g/mol. The summed E-state index contributed by atoms with van der Waals surface area (Å²) in [7, 11) is 0. The monoisotopic (exact) mass is 292 g/mol. The third-order valence-electron chi connectivity index (χ3n) is 5.49. The van der Waals surface area contributed by atoms with Crippen LogP contribution in [0.15, 0.2) is 22.8 Å². The Kier molecular flexibility index (Phi) is 3.89. The molecule has 2 unspecified atom stereocenters. The van der Waals surface area contributed by atoms with E-state index in [9.17, 15) is 0 Å². The first-order valence-corrected chi connectivity index (χ1v) is 8.13. The summed E-state index contributed by atoms with van der Waals surface area (Å²) in [5.74, 6) is 1.03. The van der Waals surface area contributed by atoms with Crippen LogP contribution in [0.25, 0.3) is 0 Å². The molecule has 0 spiro atoms. The largest absolute Gasteiger partial charge is 0.468 e. The molecule has 1 heterocycles. The Bertz CT molecular complexity index is 467. The molecule has 21 heavy (non-hydrogen) atoms. The zero-order valence-electron chi connectivity index (χ0n) is 13.5. The summed E-state index contributed by atoms with van der Waals surface area (Å²) >= 11 is 0. The highest BCUT2D eigenvalue weighted by atomic mass is 16.5. The minimum atomic E-state index is -0.165. The van der Waals surface area contributed by atoms with Crippen molar-refractivity contribution in [2.24, 2.45) is 11.1 Å². The second-order valence-corrected chi connectivity index (χ2v) is 7.24. The van der Waals surface area contributed by atoms with Crippen molar-refractivity contribution >= 4 is 0 Å². The van der Waals surface area contributed by atoms with Gasteiger partial charge in [0.1, 0.15) is 5.76 Å². The molecule has 0 saturated heterocycles. The summed E-state index contributed by atoms with van der Waals surface area (Å²) in [6.45, 7) is 9.10. The Balaban J connectivity index is 1.66. The van der Waals surface area contributed by atoms with Crippen molar-refractivity contribution in [3.05, 3.63) is 24.2 Å². The van der Waals surface area contributed by atoms with Gasteiger partial charge in [0.15, 0.2) is 0 Å². The summed E-state index contributed by atoms with van der Waals surface area (Å²) in [4.78, 5) is 2.50. The van der Waals surface area contributed by atoms with Gasteiger partial charge in [0.25, 0.3) is 0 Å². The molecule has 2 aliphatic rings. The van der Waals surface area contributed by atoms with Crippen molar-refractivity contribution in [3.8, 4) is 0 Å². The van der Waals surface area contributed by atoms with Crippen LogP contribution >= 0.6 is 0 Å². The minimum absolute atomic E-state index is 0.0271. The van der Waals surface area contributed by atoms with Crippen LogP contribution in [-0.2, 0) is 11.3 Å². The molecule has 1 aromatic heterocycles. The molecular formula is C17H28N2O2. The van der Waals surface area contributed by atoms with E-state index in [0.29, 0.717) is 6.04 Å². The van der Waals surface area contributed by atoms with Gasteiger partial charge in [0, 0.05) is 30.1 Å². The fourth-order valence-corrected chi connectivity index (χ4v) is 3.49. The van der Waals surface area contributed by atoms with E-state index >= 15 is 0 Å². The highest BCUT2D eigenvalue weighted by Gasteiger charge is 2.59. The number of ether oxygens (including phenoxy) is 1. The SMILES string of the molecule is CCOC1CC(N)(CN(Cc2ccco2)C2CC2)C1(C)C. The summed E-state index contributed by atoms with van der Waals surface area (Å²) in [6.07, 6.45) is 5.56. The van der Waals surface area contributed by atoms with Gasteiger partial charge in [-0.15, -0.1) is 0 Å². The normalized spacial score (nSPS) is 31.4. The third-order valence-corrected chi connectivity index (χ3v) is 5.49. The molecule has 2 N–H and O–H groups in total. The molecule has 3 rings (SSSR count). The van der Waals surface area contributed by atoms with Gasteiger partial charge in [-0.05, 0) is 38.3 Å². The number of furan rings is 1. The number of nitrogens with two attached hydrogens (primary N) is 1. The summed E-state index contributed by atoms with van der Waals surface area (Å²) < 4.78 is 11.3. The Morgan fingerprint density at radius 1 is 1.43 bits per heavy atom. The molecule has 0 bridgehead atoms. The van der Waals surface area contributed by atoms with Crippen LogP contribution in [0.2, 0.25) is 0 Å². The van der Waals surface area contributed by atoms with E-state index < -0.39 is 0 Å². The van der Waals surface area contributed by atoms with Gasteiger partial charge in [0.2, 0.25) is 0 Å². The van der Waals surface area contributed by atoms with E-state index in [0.717, 1.165) is 31.9 Å². The average molecular weight is 292 g/mol. The molecule has 0 radical (unpaired) electrons.